The summed E-state index contributed by atoms with van der Waals surface area (Å²) in [5.41, 5.74) is 33.1. The molecule has 3 aliphatic rings. The number of hydrogen-bond acceptors (Lipinski definition) is 2. The van der Waals surface area contributed by atoms with E-state index in [1.807, 2.05) is 0 Å². The first-order valence-electron chi connectivity index (χ1n) is 33.5. The summed E-state index contributed by atoms with van der Waals surface area (Å²) in [6.45, 7) is 21.0. The molecule has 2 aliphatic heterocycles. The minimum atomic E-state index is -0.617. The van der Waals surface area contributed by atoms with Crippen LogP contribution in [0.5, 0.6) is 0 Å². The first-order chi connectivity index (χ1) is 45.6. The van der Waals surface area contributed by atoms with E-state index in [0.29, 0.717) is 0 Å². The monoisotopic (exact) mass is 1210 g/mol. The van der Waals surface area contributed by atoms with E-state index < -0.39 is 5.41 Å². The Balaban J connectivity index is 1.07. The van der Waals surface area contributed by atoms with Gasteiger partial charge in [0.15, 0.2) is 0 Å². The maximum absolute atomic E-state index is 2.71. The van der Waals surface area contributed by atoms with Crippen LogP contribution in [0.15, 0.2) is 303 Å². The zero-order valence-electron chi connectivity index (χ0n) is 55.3. The third kappa shape index (κ3) is 9.53. The molecule has 0 atom stereocenters. The van der Waals surface area contributed by atoms with Crippen molar-refractivity contribution in [2.45, 2.75) is 84.0 Å². The second-order valence-electron chi connectivity index (χ2n) is 29.2. The van der Waals surface area contributed by atoms with Crippen LogP contribution in [-0.4, -0.2) is 6.71 Å². The molecule has 2 nitrogen and oxygen atoms in total. The van der Waals surface area contributed by atoms with Crippen LogP contribution in [0.4, 0.5) is 34.1 Å². The average Bonchev–Trinajstić information content (AvgIpc) is 0.919. The van der Waals surface area contributed by atoms with E-state index in [9.17, 15) is 0 Å². The van der Waals surface area contributed by atoms with Gasteiger partial charge in [-0.2, -0.15) is 0 Å². The SMILES string of the molecule is CC(C)(C)c1cc(-c2cc3c4c(c2)N(c2c(-c5ccccc5)cc(C(C)(C)C)cc2-c2ccccc2)c2ccc(-c5cccc6c5C(c5ccccc5)(c5ccccc5)c5ccccc5-6)cc2B4c2ccccc2N3c2ccccc2-c2ccccc2)cc(C(C)(C)C)c1. The van der Waals surface area contributed by atoms with Crippen molar-refractivity contribution in [2.75, 3.05) is 9.80 Å². The van der Waals surface area contributed by atoms with Crippen LogP contribution in [-0.2, 0) is 21.7 Å². The predicted molar refractivity (Wildman–Crippen MR) is 401 cm³/mol. The highest BCUT2D eigenvalue weighted by atomic mass is 15.2. The Labute approximate surface area is 556 Å². The van der Waals surface area contributed by atoms with Crippen LogP contribution in [0.25, 0.3) is 66.8 Å². The smallest absolute Gasteiger partial charge is 0.252 e. The van der Waals surface area contributed by atoms with Crippen LogP contribution in [0.3, 0.4) is 0 Å². The van der Waals surface area contributed by atoms with Gasteiger partial charge in [-0.3, -0.25) is 0 Å². The van der Waals surface area contributed by atoms with Crippen molar-refractivity contribution in [1.29, 1.82) is 0 Å². The molecule has 0 radical (unpaired) electrons. The number of nitrogens with zero attached hydrogens (tertiary/aromatic N) is 2. The highest BCUT2D eigenvalue weighted by molar-refractivity contribution is 7.00. The Kier molecular flexibility index (Phi) is 14.0. The third-order valence-corrected chi connectivity index (χ3v) is 20.4. The molecule has 3 heteroatoms. The molecule has 0 N–H and O–H groups in total. The second-order valence-corrected chi connectivity index (χ2v) is 29.2. The van der Waals surface area contributed by atoms with Crippen LogP contribution in [0, 0.1) is 0 Å². The summed E-state index contributed by atoms with van der Waals surface area (Å²) >= 11 is 0. The number of anilines is 6. The molecule has 94 heavy (non-hydrogen) atoms. The lowest BCUT2D eigenvalue weighted by Gasteiger charge is -2.46. The van der Waals surface area contributed by atoms with Crippen molar-refractivity contribution >= 4 is 57.2 Å². The lowest BCUT2D eigenvalue weighted by Crippen LogP contribution is -2.61. The Morgan fingerprint density at radius 3 is 1.26 bits per heavy atom. The van der Waals surface area contributed by atoms with E-state index in [-0.39, 0.29) is 23.0 Å². The van der Waals surface area contributed by atoms with E-state index in [2.05, 4.69) is 375 Å². The molecular weight excluding hydrogens is 1130 g/mol. The van der Waals surface area contributed by atoms with Gasteiger partial charge in [0.25, 0.3) is 6.71 Å². The summed E-state index contributed by atoms with van der Waals surface area (Å²) < 4.78 is 0. The summed E-state index contributed by atoms with van der Waals surface area (Å²) in [5.74, 6) is 0. The molecule has 16 rings (SSSR count). The number of fused-ring (bicyclic) bond motifs is 7. The molecule has 0 spiro atoms. The zero-order chi connectivity index (χ0) is 64.3. The van der Waals surface area contributed by atoms with E-state index >= 15 is 0 Å². The summed E-state index contributed by atoms with van der Waals surface area (Å²) in [6.07, 6.45) is 0. The highest BCUT2D eigenvalue weighted by Crippen LogP contribution is 2.60. The Morgan fingerprint density at radius 1 is 0.266 bits per heavy atom. The summed E-state index contributed by atoms with van der Waals surface area (Å²) in [6, 6.07) is 116. The Morgan fingerprint density at radius 2 is 0.691 bits per heavy atom. The van der Waals surface area contributed by atoms with Crippen molar-refractivity contribution in [3.63, 3.8) is 0 Å². The van der Waals surface area contributed by atoms with Crippen molar-refractivity contribution in [3.8, 4) is 66.8 Å². The maximum Gasteiger partial charge on any atom is 0.252 e. The Hall–Kier alpha value is -10.5. The fourth-order valence-electron chi connectivity index (χ4n) is 15.7. The number of rotatable bonds is 9. The average molecular weight is 1210 g/mol. The van der Waals surface area contributed by atoms with Crippen molar-refractivity contribution in [1.82, 2.24) is 0 Å². The fraction of sp³-hybridized carbons (Fsp3) is 0.143. The molecule has 13 aromatic carbocycles. The molecule has 0 aromatic heterocycles. The maximum atomic E-state index is 2.71. The third-order valence-electron chi connectivity index (χ3n) is 20.4. The summed E-state index contributed by atoms with van der Waals surface area (Å²) in [7, 11) is 0. The molecule has 0 saturated carbocycles. The topological polar surface area (TPSA) is 6.48 Å². The van der Waals surface area contributed by atoms with Crippen LogP contribution >= 0.6 is 0 Å². The van der Waals surface area contributed by atoms with Crippen LogP contribution in [0.2, 0.25) is 0 Å². The van der Waals surface area contributed by atoms with Gasteiger partial charge in [-0.15, -0.1) is 0 Å². The molecule has 0 amide bonds. The molecule has 0 unspecified atom stereocenters. The normalized spacial score (nSPS) is 13.6. The molecule has 454 valence electrons. The zero-order valence-corrected chi connectivity index (χ0v) is 55.3. The fourth-order valence-corrected chi connectivity index (χ4v) is 15.7. The van der Waals surface area contributed by atoms with Gasteiger partial charge < -0.3 is 9.80 Å². The largest absolute Gasteiger partial charge is 0.311 e. The van der Waals surface area contributed by atoms with Gasteiger partial charge >= 0.3 is 0 Å². The van der Waals surface area contributed by atoms with E-state index in [1.165, 1.54) is 128 Å². The number of benzene rings is 13. The van der Waals surface area contributed by atoms with Gasteiger partial charge in [-0.1, -0.05) is 323 Å². The quantitative estimate of drug-likeness (QED) is 0.133. The predicted octanol–water partition coefficient (Wildman–Crippen LogP) is 22.4. The first-order valence-corrected chi connectivity index (χ1v) is 33.5. The van der Waals surface area contributed by atoms with Gasteiger partial charge in [-0.05, 0) is 164 Å². The van der Waals surface area contributed by atoms with Gasteiger partial charge in [0, 0.05) is 39.4 Å². The van der Waals surface area contributed by atoms with Crippen LogP contribution in [0.1, 0.15) is 101 Å². The van der Waals surface area contributed by atoms with Gasteiger partial charge in [0.1, 0.15) is 0 Å². The molecule has 0 saturated heterocycles. The van der Waals surface area contributed by atoms with Crippen molar-refractivity contribution in [3.05, 3.63) is 342 Å². The summed E-state index contributed by atoms with van der Waals surface area (Å²) in [4.78, 5) is 5.34. The van der Waals surface area contributed by atoms with E-state index in [4.69, 9.17) is 0 Å². The molecule has 0 fully saturated rings. The lowest BCUT2D eigenvalue weighted by atomic mass is 9.33. The minimum absolute atomic E-state index is 0.112. The molecular formula is C91H77BN2. The molecule has 2 heterocycles. The van der Waals surface area contributed by atoms with Crippen molar-refractivity contribution in [2.24, 2.45) is 0 Å². The molecule has 1 aliphatic carbocycles. The molecule has 13 aromatic rings. The number of hydrogen-bond donors (Lipinski definition) is 0. The summed E-state index contributed by atoms with van der Waals surface area (Å²) in [5, 5.41) is 0. The minimum Gasteiger partial charge on any atom is -0.311 e. The Bertz CT molecular complexity index is 4930. The number of para-hydroxylation sites is 2. The first kappa shape index (κ1) is 58.6. The van der Waals surface area contributed by atoms with E-state index in [1.54, 1.807) is 0 Å². The second kappa shape index (κ2) is 22.4. The molecule has 0 bridgehead atoms. The highest BCUT2D eigenvalue weighted by Gasteiger charge is 2.49. The standard InChI is InChI=1S/C91H77BN2/c1-88(2,3)68-52-64(53-69(57-68)89(4,5)6)65-55-83-86-84(56-65)94(87-75(61-34-17-11-18-35-61)58-70(90(7,8)9)59-76(87)62-36-19-12-20-37-62)82-51-50-63(54-79(82)92(86)78-47-28-30-49-81(78)93(83)80-48-29-26-42-71(80)60-32-15-10-16-33-60)72-44-31-45-74-73-43-25-27-46-77(73)91(85(72)74,66-38-21-13-22-39-66)67-40-23-14-24-41-67/h10-59H,1-9H3. The van der Waals surface area contributed by atoms with Crippen LogP contribution < -0.4 is 26.2 Å². The van der Waals surface area contributed by atoms with Gasteiger partial charge in [0.05, 0.1) is 16.8 Å². The van der Waals surface area contributed by atoms with Crippen molar-refractivity contribution < 1.29 is 0 Å². The van der Waals surface area contributed by atoms with Gasteiger partial charge in [0.2, 0.25) is 0 Å². The van der Waals surface area contributed by atoms with E-state index in [0.717, 1.165) is 28.4 Å². The van der Waals surface area contributed by atoms with Gasteiger partial charge in [-0.25, -0.2) is 0 Å². The lowest BCUT2D eigenvalue weighted by molar-refractivity contribution is 0.569.